The first-order valence-electron chi connectivity index (χ1n) is 9.50. The molecule has 1 heterocycles. The molecule has 0 radical (unpaired) electrons. The van der Waals surface area contributed by atoms with Crippen LogP contribution in [0.15, 0.2) is 48.5 Å². The smallest absolute Gasteiger partial charge is 0.279 e. The normalized spacial score (nSPS) is 12.9. The summed E-state index contributed by atoms with van der Waals surface area (Å²) in [5.41, 5.74) is 5.38. The lowest BCUT2D eigenvalue weighted by atomic mass is 10.1. The van der Waals surface area contributed by atoms with Crippen LogP contribution in [0.5, 0.6) is 5.75 Å². The third-order valence-corrected chi connectivity index (χ3v) is 5.09. The SMILES string of the molecule is O=C(C[NH2+]CCc1ccc(O)cc1)Nc1c2c(nc3ccccc13)CCC2. The molecule has 4 rings (SSSR count). The zero-order valence-corrected chi connectivity index (χ0v) is 15.2. The highest BCUT2D eigenvalue weighted by atomic mass is 16.3. The Labute approximate surface area is 158 Å². The molecular weight excluding hydrogens is 338 g/mol. The number of amides is 1. The highest BCUT2D eigenvalue weighted by molar-refractivity contribution is 6.03. The quantitative estimate of drug-likeness (QED) is 0.588. The number of aromatic hydroxyl groups is 1. The number of aryl methyl sites for hydroxylation is 1. The lowest BCUT2D eigenvalue weighted by molar-refractivity contribution is -0.643. The first kappa shape index (κ1) is 17.5. The van der Waals surface area contributed by atoms with Gasteiger partial charge in [-0.2, -0.15) is 0 Å². The van der Waals surface area contributed by atoms with E-state index in [-0.39, 0.29) is 11.7 Å². The summed E-state index contributed by atoms with van der Waals surface area (Å²) in [7, 11) is 0. The van der Waals surface area contributed by atoms with Crippen molar-refractivity contribution in [1.82, 2.24) is 4.98 Å². The molecule has 0 saturated heterocycles. The van der Waals surface area contributed by atoms with Crippen molar-refractivity contribution < 1.29 is 15.2 Å². The molecule has 5 nitrogen and oxygen atoms in total. The number of rotatable bonds is 6. The number of phenols is 1. The maximum Gasteiger partial charge on any atom is 0.279 e. The zero-order valence-electron chi connectivity index (χ0n) is 15.2. The molecule has 2 aromatic carbocycles. The van der Waals surface area contributed by atoms with E-state index in [1.165, 1.54) is 5.56 Å². The molecule has 0 fully saturated rings. The lowest BCUT2D eigenvalue weighted by Gasteiger charge is -2.13. The minimum Gasteiger partial charge on any atom is -0.508 e. The third-order valence-electron chi connectivity index (χ3n) is 5.09. The average Bonchev–Trinajstić information content (AvgIpc) is 3.15. The summed E-state index contributed by atoms with van der Waals surface area (Å²) in [6.45, 7) is 1.22. The summed E-state index contributed by atoms with van der Waals surface area (Å²) in [6.07, 6.45) is 3.93. The van der Waals surface area contributed by atoms with Crippen LogP contribution in [0.25, 0.3) is 10.9 Å². The Kier molecular flexibility index (Phi) is 5.03. The van der Waals surface area contributed by atoms with Crippen molar-refractivity contribution >= 4 is 22.5 Å². The number of carbonyl (C=O) groups excluding carboxylic acids is 1. The number of carbonyl (C=O) groups is 1. The molecule has 1 aliphatic carbocycles. The monoisotopic (exact) mass is 362 g/mol. The van der Waals surface area contributed by atoms with Gasteiger partial charge in [-0.15, -0.1) is 0 Å². The van der Waals surface area contributed by atoms with Gasteiger partial charge in [-0.1, -0.05) is 30.3 Å². The van der Waals surface area contributed by atoms with Gasteiger partial charge in [0.15, 0.2) is 6.54 Å². The van der Waals surface area contributed by atoms with Crippen molar-refractivity contribution in [3.8, 4) is 5.75 Å². The van der Waals surface area contributed by atoms with Crippen molar-refractivity contribution in [2.45, 2.75) is 25.7 Å². The molecule has 1 aliphatic rings. The number of aromatic nitrogens is 1. The van der Waals surface area contributed by atoms with Gasteiger partial charge in [0.2, 0.25) is 0 Å². The molecule has 0 bridgehead atoms. The first-order valence-corrected chi connectivity index (χ1v) is 9.50. The van der Waals surface area contributed by atoms with Crippen LogP contribution in [0.1, 0.15) is 23.2 Å². The summed E-state index contributed by atoms with van der Waals surface area (Å²) in [5.74, 6) is 0.297. The number of benzene rings is 2. The average molecular weight is 362 g/mol. The number of pyridine rings is 1. The fraction of sp³-hybridized carbons (Fsp3) is 0.273. The van der Waals surface area contributed by atoms with Gasteiger partial charge < -0.3 is 15.7 Å². The van der Waals surface area contributed by atoms with Crippen LogP contribution in [0.2, 0.25) is 0 Å². The number of fused-ring (bicyclic) bond motifs is 2. The van der Waals surface area contributed by atoms with E-state index in [4.69, 9.17) is 4.98 Å². The number of hydrogen-bond acceptors (Lipinski definition) is 3. The Morgan fingerprint density at radius 3 is 2.78 bits per heavy atom. The Morgan fingerprint density at radius 1 is 1.11 bits per heavy atom. The fourth-order valence-electron chi connectivity index (χ4n) is 3.71. The molecule has 1 amide bonds. The van der Waals surface area contributed by atoms with Gasteiger partial charge in [-0.05, 0) is 48.6 Å². The number of para-hydroxylation sites is 1. The minimum atomic E-state index is 0.0196. The number of anilines is 1. The molecular formula is C22H24N3O2+. The summed E-state index contributed by atoms with van der Waals surface area (Å²) < 4.78 is 0. The van der Waals surface area contributed by atoms with Crippen molar-refractivity contribution in [2.75, 3.05) is 18.4 Å². The van der Waals surface area contributed by atoms with E-state index in [2.05, 4.69) is 5.32 Å². The van der Waals surface area contributed by atoms with Crippen molar-refractivity contribution in [3.63, 3.8) is 0 Å². The Balaban J connectivity index is 1.39. The molecule has 1 aromatic heterocycles. The van der Waals surface area contributed by atoms with Crippen LogP contribution in [0.4, 0.5) is 5.69 Å². The van der Waals surface area contributed by atoms with Crippen LogP contribution >= 0.6 is 0 Å². The maximum absolute atomic E-state index is 12.5. The highest BCUT2D eigenvalue weighted by Crippen LogP contribution is 2.33. The molecule has 0 saturated carbocycles. The van der Waals surface area contributed by atoms with Crippen LogP contribution < -0.4 is 10.6 Å². The van der Waals surface area contributed by atoms with Gasteiger partial charge in [-0.3, -0.25) is 9.78 Å². The molecule has 0 aliphatic heterocycles. The number of nitrogens with one attached hydrogen (secondary N) is 1. The number of quaternary nitrogens is 1. The topological polar surface area (TPSA) is 78.8 Å². The van der Waals surface area contributed by atoms with Crippen LogP contribution in [-0.4, -0.2) is 29.1 Å². The first-order chi connectivity index (χ1) is 13.2. The van der Waals surface area contributed by atoms with Crippen molar-refractivity contribution in [2.24, 2.45) is 0 Å². The molecule has 0 atom stereocenters. The van der Waals surface area contributed by atoms with Crippen molar-refractivity contribution in [3.05, 3.63) is 65.4 Å². The molecule has 27 heavy (non-hydrogen) atoms. The van der Waals surface area contributed by atoms with E-state index in [1.807, 2.05) is 41.7 Å². The Morgan fingerprint density at radius 2 is 1.93 bits per heavy atom. The molecule has 138 valence electrons. The third kappa shape index (κ3) is 3.93. The Bertz CT molecular complexity index is 967. The fourth-order valence-corrected chi connectivity index (χ4v) is 3.71. The van der Waals surface area contributed by atoms with E-state index in [0.29, 0.717) is 6.54 Å². The molecule has 4 N–H and O–H groups in total. The van der Waals surface area contributed by atoms with E-state index in [1.54, 1.807) is 12.1 Å². The van der Waals surface area contributed by atoms with Gasteiger partial charge in [-0.25, -0.2) is 0 Å². The Hall–Kier alpha value is -2.92. The molecule has 3 aromatic rings. The number of phenolic OH excluding ortho intramolecular Hbond substituents is 1. The molecule has 5 heteroatoms. The number of hydrogen-bond donors (Lipinski definition) is 3. The summed E-state index contributed by atoms with van der Waals surface area (Å²) in [6, 6.07) is 15.2. The standard InChI is InChI=1S/C22H23N3O2/c26-16-10-8-15(9-11-16)12-13-23-14-21(27)25-22-17-4-1-2-6-19(17)24-20-7-3-5-18(20)22/h1-2,4,6,8-11,23,26H,3,5,7,12-14H2,(H,24,25,27)/p+1. The number of nitrogens with zero attached hydrogens (tertiary/aromatic N) is 1. The van der Waals surface area contributed by atoms with Crippen LogP contribution in [0.3, 0.4) is 0 Å². The summed E-state index contributed by atoms with van der Waals surface area (Å²) in [4.78, 5) is 17.3. The predicted octanol–water partition coefficient (Wildman–Crippen LogP) is 2.17. The van der Waals surface area contributed by atoms with Gasteiger partial charge in [0.25, 0.3) is 5.91 Å². The predicted molar refractivity (Wildman–Crippen MR) is 106 cm³/mol. The van der Waals surface area contributed by atoms with Crippen LogP contribution in [0, 0.1) is 0 Å². The summed E-state index contributed by atoms with van der Waals surface area (Å²) in [5, 5.41) is 15.5. The summed E-state index contributed by atoms with van der Waals surface area (Å²) >= 11 is 0. The second-order valence-electron chi connectivity index (χ2n) is 7.03. The van der Waals surface area contributed by atoms with Gasteiger partial charge in [0.1, 0.15) is 5.75 Å². The molecule has 0 unspecified atom stereocenters. The van der Waals surface area contributed by atoms with E-state index < -0.39 is 0 Å². The zero-order chi connectivity index (χ0) is 18.6. The van der Waals surface area contributed by atoms with E-state index in [0.717, 1.165) is 60.1 Å². The minimum absolute atomic E-state index is 0.0196. The maximum atomic E-state index is 12.5. The van der Waals surface area contributed by atoms with Gasteiger partial charge >= 0.3 is 0 Å². The second-order valence-corrected chi connectivity index (χ2v) is 7.03. The molecule has 0 spiro atoms. The van der Waals surface area contributed by atoms with Gasteiger partial charge in [0.05, 0.1) is 17.7 Å². The van der Waals surface area contributed by atoms with E-state index in [9.17, 15) is 9.90 Å². The number of nitrogens with two attached hydrogens (primary N) is 1. The largest absolute Gasteiger partial charge is 0.508 e. The van der Waals surface area contributed by atoms with E-state index >= 15 is 0 Å². The van der Waals surface area contributed by atoms with Crippen molar-refractivity contribution in [1.29, 1.82) is 0 Å². The lowest BCUT2D eigenvalue weighted by Crippen LogP contribution is -2.86. The van der Waals surface area contributed by atoms with Gasteiger partial charge in [0, 0.05) is 17.5 Å². The van der Waals surface area contributed by atoms with Crippen LogP contribution in [-0.2, 0) is 24.1 Å². The second kappa shape index (κ2) is 7.76. The highest BCUT2D eigenvalue weighted by Gasteiger charge is 2.21.